The summed E-state index contributed by atoms with van der Waals surface area (Å²) in [6.45, 7) is 4.69. The minimum Gasteiger partial charge on any atom is -0.345 e. The molecule has 2 aliphatic rings. The van der Waals surface area contributed by atoms with Crippen molar-refractivity contribution in [2.45, 2.75) is 51.6 Å². The third kappa shape index (κ3) is 2.16. The topological polar surface area (TPSA) is 34.0 Å². The minimum absolute atomic E-state index is 0.247. The Hall–Kier alpha value is -1.09. The Kier molecular flexibility index (Phi) is 2.58. The van der Waals surface area contributed by atoms with Crippen LogP contribution in [0.1, 0.15) is 53.5 Å². The Bertz CT molecular complexity index is 453. The van der Waals surface area contributed by atoms with E-state index in [0.29, 0.717) is 18.6 Å². The summed E-state index contributed by atoms with van der Waals surface area (Å²) in [5.41, 5.74) is 3.31. The van der Waals surface area contributed by atoms with E-state index >= 15 is 0 Å². The zero-order chi connectivity index (χ0) is 12.0. The van der Waals surface area contributed by atoms with Crippen LogP contribution in [-0.2, 0) is 0 Å². The molecule has 1 aromatic rings. The molecule has 2 aliphatic carbocycles. The van der Waals surface area contributed by atoms with E-state index in [-0.39, 0.29) is 5.78 Å². The van der Waals surface area contributed by atoms with Gasteiger partial charge in [-0.05, 0) is 45.6 Å². The first-order chi connectivity index (χ1) is 8.16. The molecular formula is C14H20N2O. The molecule has 0 aliphatic heterocycles. The van der Waals surface area contributed by atoms with E-state index in [1.807, 2.05) is 0 Å². The maximum Gasteiger partial charge on any atom is 0.178 e. The molecule has 0 aromatic carbocycles. The number of Topliss-reactive ketones (excluding diaryl/α,β-unsaturated/α-hetero) is 1. The molecule has 3 heteroatoms. The number of nitrogens with one attached hydrogen (secondary N) is 1. The summed E-state index contributed by atoms with van der Waals surface area (Å²) in [4.78, 5) is 12.1. The van der Waals surface area contributed by atoms with E-state index in [1.54, 1.807) is 0 Å². The number of aromatic nitrogens is 1. The standard InChI is InChI=1S/C14H20N2O/c1-9-7-13(10(2)16(9)12-5-6-12)14(17)8-15-11-3-4-11/h7,11-12,15H,3-6,8H2,1-2H3. The van der Waals surface area contributed by atoms with Crippen LogP contribution in [0.3, 0.4) is 0 Å². The van der Waals surface area contributed by atoms with Gasteiger partial charge in [-0.1, -0.05) is 0 Å². The summed E-state index contributed by atoms with van der Waals surface area (Å²) in [6, 6.07) is 3.32. The van der Waals surface area contributed by atoms with Crippen LogP contribution in [0.25, 0.3) is 0 Å². The molecule has 3 rings (SSSR count). The first-order valence-electron chi connectivity index (χ1n) is 6.62. The lowest BCUT2D eigenvalue weighted by Gasteiger charge is -2.07. The molecule has 1 N–H and O–H groups in total. The molecule has 2 fully saturated rings. The summed E-state index contributed by atoms with van der Waals surface area (Å²) in [7, 11) is 0. The largest absolute Gasteiger partial charge is 0.345 e. The zero-order valence-electron chi connectivity index (χ0n) is 10.6. The molecule has 17 heavy (non-hydrogen) atoms. The SMILES string of the molecule is Cc1cc(C(=O)CNC2CC2)c(C)n1C1CC1. The molecular weight excluding hydrogens is 212 g/mol. The lowest BCUT2D eigenvalue weighted by atomic mass is 10.1. The van der Waals surface area contributed by atoms with Gasteiger partial charge in [0.05, 0.1) is 6.54 Å². The lowest BCUT2D eigenvalue weighted by molar-refractivity contribution is 0.0990. The van der Waals surface area contributed by atoms with Gasteiger partial charge in [0.2, 0.25) is 0 Å². The second-order valence-electron chi connectivity index (χ2n) is 5.46. The fourth-order valence-corrected chi connectivity index (χ4v) is 2.57. The first-order valence-corrected chi connectivity index (χ1v) is 6.62. The monoisotopic (exact) mass is 232 g/mol. The fourth-order valence-electron chi connectivity index (χ4n) is 2.57. The summed E-state index contributed by atoms with van der Waals surface area (Å²) in [5.74, 6) is 0.247. The maximum absolute atomic E-state index is 12.1. The fraction of sp³-hybridized carbons (Fsp3) is 0.643. The quantitative estimate of drug-likeness (QED) is 0.791. The molecule has 3 nitrogen and oxygen atoms in total. The van der Waals surface area contributed by atoms with E-state index in [9.17, 15) is 4.79 Å². The van der Waals surface area contributed by atoms with Gasteiger partial charge in [-0.2, -0.15) is 0 Å². The van der Waals surface area contributed by atoms with Crippen molar-refractivity contribution in [2.24, 2.45) is 0 Å². The second kappa shape index (κ2) is 3.98. The van der Waals surface area contributed by atoms with Crippen molar-refractivity contribution < 1.29 is 4.79 Å². The lowest BCUT2D eigenvalue weighted by Crippen LogP contribution is -2.25. The Balaban J connectivity index is 1.76. The Labute approximate surface area is 102 Å². The molecule has 0 spiro atoms. The van der Waals surface area contributed by atoms with Crippen molar-refractivity contribution >= 4 is 5.78 Å². The molecule has 1 heterocycles. The van der Waals surface area contributed by atoms with Gasteiger partial charge >= 0.3 is 0 Å². The number of carbonyl (C=O) groups excluding carboxylic acids is 1. The number of nitrogens with zero attached hydrogens (tertiary/aromatic N) is 1. The first kappa shape index (κ1) is 11.0. The third-order valence-corrected chi connectivity index (χ3v) is 3.83. The molecule has 0 unspecified atom stereocenters. The highest BCUT2D eigenvalue weighted by Crippen LogP contribution is 2.38. The number of aryl methyl sites for hydroxylation is 1. The van der Waals surface area contributed by atoms with Gasteiger partial charge in [0.25, 0.3) is 0 Å². The van der Waals surface area contributed by atoms with Crippen LogP contribution >= 0.6 is 0 Å². The van der Waals surface area contributed by atoms with E-state index in [0.717, 1.165) is 11.3 Å². The van der Waals surface area contributed by atoms with Crippen molar-refractivity contribution in [1.82, 2.24) is 9.88 Å². The zero-order valence-corrected chi connectivity index (χ0v) is 10.6. The Morgan fingerprint density at radius 2 is 2.06 bits per heavy atom. The number of hydrogen-bond acceptors (Lipinski definition) is 2. The van der Waals surface area contributed by atoms with E-state index in [1.165, 1.54) is 31.4 Å². The van der Waals surface area contributed by atoms with Crippen molar-refractivity contribution in [2.75, 3.05) is 6.54 Å². The highest BCUT2D eigenvalue weighted by molar-refractivity contribution is 5.99. The molecule has 0 amide bonds. The van der Waals surface area contributed by atoms with Crippen LogP contribution in [0.4, 0.5) is 0 Å². The van der Waals surface area contributed by atoms with Crippen molar-refractivity contribution in [3.8, 4) is 0 Å². The van der Waals surface area contributed by atoms with Gasteiger partial charge in [-0.15, -0.1) is 0 Å². The molecule has 0 bridgehead atoms. The third-order valence-electron chi connectivity index (χ3n) is 3.83. The molecule has 92 valence electrons. The number of rotatable bonds is 5. The maximum atomic E-state index is 12.1. The molecule has 2 saturated carbocycles. The second-order valence-corrected chi connectivity index (χ2v) is 5.46. The van der Waals surface area contributed by atoms with Crippen LogP contribution in [0, 0.1) is 13.8 Å². The summed E-state index contributed by atoms with van der Waals surface area (Å²) < 4.78 is 2.34. The number of carbonyl (C=O) groups is 1. The summed E-state index contributed by atoms with van der Waals surface area (Å²) in [6.07, 6.45) is 5.00. The van der Waals surface area contributed by atoms with E-state index < -0.39 is 0 Å². The van der Waals surface area contributed by atoms with Crippen molar-refractivity contribution in [3.63, 3.8) is 0 Å². The smallest absolute Gasteiger partial charge is 0.178 e. The highest BCUT2D eigenvalue weighted by Gasteiger charge is 2.28. The van der Waals surface area contributed by atoms with Gasteiger partial charge < -0.3 is 9.88 Å². The average molecular weight is 232 g/mol. The molecule has 0 radical (unpaired) electrons. The highest BCUT2D eigenvalue weighted by atomic mass is 16.1. The summed E-state index contributed by atoms with van der Waals surface area (Å²) in [5, 5.41) is 3.30. The van der Waals surface area contributed by atoms with E-state index in [2.05, 4.69) is 29.8 Å². The molecule has 0 saturated heterocycles. The van der Waals surface area contributed by atoms with Crippen molar-refractivity contribution in [1.29, 1.82) is 0 Å². The molecule has 1 aromatic heterocycles. The van der Waals surface area contributed by atoms with Gasteiger partial charge in [0.1, 0.15) is 0 Å². The van der Waals surface area contributed by atoms with Gasteiger partial charge in [-0.25, -0.2) is 0 Å². The predicted molar refractivity (Wildman–Crippen MR) is 67.5 cm³/mol. The van der Waals surface area contributed by atoms with Crippen LogP contribution in [0.15, 0.2) is 6.07 Å². The van der Waals surface area contributed by atoms with Gasteiger partial charge in [0, 0.05) is 29.0 Å². The summed E-state index contributed by atoms with van der Waals surface area (Å²) >= 11 is 0. The van der Waals surface area contributed by atoms with Gasteiger partial charge in [-0.3, -0.25) is 4.79 Å². The molecule has 0 atom stereocenters. The van der Waals surface area contributed by atoms with Crippen LogP contribution < -0.4 is 5.32 Å². The van der Waals surface area contributed by atoms with Crippen LogP contribution in [-0.4, -0.2) is 22.9 Å². The average Bonchev–Trinajstić information content (AvgIpc) is 3.16. The normalized spacial score (nSPS) is 19.6. The number of hydrogen-bond donors (Lipinski definition) is 1. The Morgan fingerprint density at radius 1 is 1.35 bits per heavy atom. The van der Waals surface area contributed by atoms with Crippen LogP contribution in [0.2, 0.25) is 0 Å². The van der Waals surface area contributed by atoms with E-state index in [4.69, 9.17) is 0 Å². The minimum atomic E-state index is 0.247. The van der Waals surface area contributed by atoms with Gasteiger partial charge in [0.15, 0.2) is 5.78 Å². The van der Waals surface area contributed by atoms with Crippen molar-refractivity contribution in [3.05, 3.63) is 23.0 Å². The van der Waals surface area contributed by atoms with Crippen LogP contribution in [0.5, 0.6) is 0 Å². The number of ketones is 1. The Morgan fingerprint density at radius 3 is 2.65 bits per heavy atom. The predicted octanol–water partition coefficient (Wildman–Crippen LogP) is 2.37.